The van der Waals surface area contributed by atoms with Crippen LogP contribution in [-0.2, 0) is 6.42 Å². The highest BCUT2D eigenvalue weighted by Crippen LogP contribution is 2.30. The number of allylic oxidation sites excluding steroid dienone is 2. The van der Waals surface area contributed by atoms with Crippen molar-refractivity contribution in [3.05, 3.63) is 90.0 Å². The Morgan fingerprint density at radius 2 is 1.76 bits per heavy atom. The van der Waals surface area contributed by atoms with Crippen LogP contribution in [0.3, 0.4) is 0 Å². The average Bonchev–Trinajstić information content (AvgIpc) is 2.71. The lowest BCUT2D eigenvalue weighted by Gasteiger charge is -2.09. The van der Waals surface area contributed by atoms with E-state index >= 15 is 0 Å². The van der Waals surface area contributed by atoms with Gasteiger partial charge in [-0.1, -0.05) is 54.6 Å². The zero-order chi connectivity index (χ0) is 20.8. The molecule has 0 aliphatic rings. The van der Waals surface area contributed by atoms with Gasteiger partial charge in [0.2, 0.25) is 0 Å². The van der Waals surface area contributed by atoms with Crippen molar-refractivity contribution >= 4 is 16.8 Å². The molecule has 3 rings (SSSR count). The number of benzene rings is 3. The third-order valence-corrected chi connectivity index (χ3v) is 5.00. The fourth-order valence-electron chi connectivity index (χ4n) is 3.41. The van der Waals surface area contributed by atoms with Crippen molar-refractivity contribution in [3.63, 3.8) is 0 Å². The number of halogens is 2. The van der Waals surface area contributed by atoms with Crippen LogP contribution in [0.2, 0.25) is 0 Å². The van der Waals surface area contributed by atoms with Crippen molar-refractivity contribution in [2.45, 2.75) is 38.7 Å². The van der Waals surface area contributed by atoms with E-state index in [1.54, 1.807) is 25.1 Å². The first-order valence-electron chi connectivity index (χ1n) is 9.96. The maximum Gasteiger partial charge on any atom is 0.166 e. The highest BCUT2D eigenvalue weighted by atomic mass is 19.2. The fourth-order valence-corrected chi connectivity index (χ4v) is 3.41. The fraction of sp³-hybridized carbons (Fsp3) is 0.231. The van der Waals surface area contributed by atoms with E-state index in [-0.39, 0.29) is 11.7 Å². The molecule has 3 aromatic rings. The molecule has 0 radical (unpaired) electrons. The molecule has 0 fully saturated rings. The predicted molar refractivity (Wildman–Crippen MR) is 118 cm³/mol. The summed E-state index contributed by atoms with van der Waals surface area (Å²) in [6.45, 7) is 5.38. The number of hydrogen-bond acceptors (Lipinski definition) is 1. The molecule has 3 aromatic carbocycles. The summed E-state index contributed by atoms with van der Waals surface area (Å²) in [7, 11) is 0. The third-order valence-electron chi connectivity index (χ3n) is 5.00. The number of rotatable bonds is 8. The van der Waals surface area contributed by atoms with E-state index in [4.69, 9.17) is 0 Å². The maximum absolute atomic E-state index is 14.6. The largest absolute Gasteiger partial charge is 0.393 e. The molecule has 0 spiro atoms. The lowest BCUT2D eigenvalue weighted by atomic mass is 9.97. The van der Waals surface area contributed by atoms with E-state index in [1.165, 1.54) is 0 Å². The molecule has 0 amide bonds. The van der Waals surface area contributed by atoms with Gasteiger partial charge in [-0.15, -0.1) is 6.58 Å². The molecule has 0 heterocycles. The molecule has 1 nitrogen and oxygen atoms in total. The lowest BCUT2D eigenvalue weighted by Crippen LogP contribution is -1.97. The van der Waals surface area contributed by atoms with Crippen molar-refractivity contribution in [2.75, 3.05) is 0 Å². The Morgan fingerprint density at radius 1 is 1.00 bits per heavy atom. The van der Waals surface area contributed by atoms with Crippen LogP contribution < -0.4 is 0 Å². The Bertz CT molecular complexity index is 1030. The van der Waals surface area contributed by atoms with Gasteiger partial charge in [0.25, 0.3) is 0 Å². The van der Waals surface area contributed by atoms with Gasteiger partial charge in [0.1, 0.15) is 0 Å². The second kappa shape index (κ2) is 9.62. The molecule has 0 saturated carbocycles. The predicted octanol–water partition coefficient (Wildman–Crippen LogP) is 7.08. The Hall–Kier alpha value is -2.78. The molecule has 1 atom stereocenters. The summed E-state index contributed by atoms with van der Waals surface area (Å²) in [5, 5.41) is 11.3. The van der Waals surface area contributed by atoms with E-state index in [9.17, 15) is 13.9 Å². The molecule has 150 valence electrons. The van der Waals surface area contributed by atoms with E-state index in [0.29, 0.717) is 17.5 Å². The number of hydrogen-bond donors (Lipinski definition) is 1. The van der Waals surface area contributed by atoms with Crippen molar-refractivity contribution in [2.24, 2.45) is 0 Å². The second-order valence-electron chi connectivity index (χ2n) is 7.40. The molecular formula is C26H26F2O. The summed E-state index contributed by atoms with van der Waals surface area (Å²) in [5.41, 5.74) is 2.32. The molecule has 0 bridgehead atoms. The Morgan fingerprint density at radius 3 is 2.52 bits per heavy atom. The lowest BCUT2D eigenvalue weighted by molar-refractivity contribution is 0.182. The number of aliphatic hydroxyl groups is 1. The highest BCUT2D eigenvalue weighted by Gasteiger charge is 2.14. The average molecular weight is 392 g/mol. The third kappa shape index (κ3) is 5.18. The molecular weight excluding hydrogens is 366 g/mol. The minimum absolute atomic E-state index is 0.255. The number of aliphatic hydroxyl groups excluding tert-OH is 1. The number of fused-ring (bicyclic) bond motifs is 1. The molecule has 0 saturated heterocycles. The van der Waals surface area contributed by atoms with Crippen LogP contribution in [0.5, 0.6) is 0 Å². The Balaban J connectivity index is 1.82. The molecule has 29 heavy (non-hydrogen) atoms. The van der Waals surface area contributed by atoms with Gasteiger partial charge in [0, 0.05) is 5.56 Å². The Kier molecular flexibility index (Phi) is 6.95. The van der Waals surface area contributed by atoms with Crippen LogP contribution in [0.4, 0.5) is 8.78 Å². The molecule has 3 heteroatoms. The smallest absolute Gasteiger partial charge is 0.166 e. The van der Waals surface area contributed by atoms with Crippen molar-refractivity contribution in [1.82, 2.24) is 0 Å². The van der Waals surface area contributed by atoms with Gasteiger partial charge >= 0.3 is 0 Å². The van der Waals surface area contributed by atoms with Crippen molar-refractivity contribution in [3.8, 4) is 11.1 Å². The molecule has 0 aromatic heterocycles. The zero-order valence-corrected chi connectivity index (χ0v) is 16.7. The monoisotopic (exact) mass is 392 g/mol. The molecule has 1 N–H and O–H groups in total. The summed E-state index contributed by atoms with van der Waals surface area (Å²) >= 11 is 0. The van der Waals surface area contributed by atoms with E-state index in [1.807, 2.05) is 30.3 Å². The number of unbranched alkanes of at least 4 members (excludes halogenated alkanes) is 1. The molecule has 1 unspecified atom stereocenters. The van der Waals surface area contributed by atoms with Crippen LogP contribution >= 0.6 is 0 Å². The zero-order valence-electron chi connectivity index (χ0n) is 16.7. The quantitative estimate of drug-likeness (QED) is 0.321. The summed E-state index contributed by atoms with van der Waals surface area (Å²) in [6.07, 6.45) is 8.48. The van der Waals surface area contributed by atoms with Gasteiger partial charge in [-0.2, -0.15) is 0 Å². The first-order chi connectivity index (χ1) is 14.0. The van der Waals surface area contributed by atoms with Gasteiger partial charge < -0.3 is 5.11 Å². The SMILES string of the molecule is C=CCc1ccc(-c2ccc3cc(C=CCCCC(C)O)ccc3c2)c(F)c1F. The van der Waals surface area contributed by atoms with E-state index < -0.39 is 11.6 Å². The standard InChI is InChI=1S/C26H26F2O/c1-3-7-20-14-15-24(26(28)25(20)27)23-13-12-21-16-19(10-11-22(21)17-23)9-6-4-5-8-18(2)29/h3,6,9-18,29H,1,4-5,7-8H2,2H3. The highest BCUT2D eigenvalue weighted by molar-refractivity contribution is 5.89. The first-order valence-corrected chi connectivity index (χ1v) is 9.96. The van der Waals surface area contributed by atoms with E-state index in [0.717, 1.165) is 35.6 Å². The Labute approximate surface area is 171 Å². The van der Waals surface area contributed by atoms with Crippen LogP contribution in [0.1, 0.15) is 37.3 Å². The molecule has 0 aliphatic heterocycles. The summed E-state index contributed by atoms with van der Waals surface area (Å²) in [5.74, 6) is -1.63. The van der Waals surface area contributed by atoms with Gasteiger partial charge in [-0.25, -0.2) is 8.78 Å². The first kappa shape index (κ1) is 20.9. The van der Waals surface area contributed by atoms with Gasteiger partial charge in [-0.05, 0) is 72.2 Å². The topological polar surface area (TPSA) is 20.2 Å². The van der Waals surface area contributed by atoms with Gasteiger partial charge in [-0.3, -0.25) is 0 Å². The normalized spacial score (nSPS) is 12.6. The summed E-state index contributed by atoms with van der Waals surface area (Å²) in [4.78, 5) is 0. The second-order valence-corrected chi connectivity index (χ2v) is 7.40. The van der Waals surface area contributed by atoms with Crippen molar-refractivity contribution in [1.29, 1.82) is 0 Å². The van der Waals surface area contributed by atoms with E-state index in [2.05, 4.69) is 24.8 Å². The van der Waals surface area contributed by atoms with Crippen LogP contribution in [-0.4, -0.2) is 11.2 Å². The molecule has 0 aliphatic carbocycles. The maximum atomic E-state index is 14.6. The van der Waals surface area contributed by atoms with Gasteiger partial charge in [0.05, 0.1) is 6.10 Å². The summed E-state index contributed by atoms with van der Waals surface area (Å²) < 4.78 is 28.8. The van der Waals surface area contributed by atoms with Crippen LogP contribution in [0, 0.1) is 11.6 Å². The minimum Gasteiger partial charge on any atom is -0.393 e. The van der Waals surface area contributed by atoms with Crippen LogP contribution in [0.25, 0.3) is 28.0 Å². The minimum atomic E-state index is -0.819. The van der Waals surface area contributed by atoms with Crippen LogP contribution in [0.15, 0.2) is 67.3 Å². The summed E-state index contributed by atoms with van der Waals surface area (Å²) in [6, 6.07) is 15.0. The van der Waals surface area contributed by atoms with Crippen molar-refractivity contribution < 1.29 is 13.9 Å². The van der Waals surface area contributed by atoms with Gasteiger partial charge in [0.15, 0.2) is 11.6 Å².